The maximum atomic E-state index is 12.2. The number of hydrogen-bond donors (Lipinski definition) is 2. The first kappa shape index (κ1) is 18.3. The molecule has 0 bridgehead atoms. The highest BCUT2D eigenvalue weighted by Gasteiger charge is 2.24. The Kier molecular flexibility index (Phi) is 7.52. The second kappa shape index (κ2) is 8.63. The molecule has 1 aromatic rings. The summed E-state index contributed by atoms with van der Waals surface area (Å²) in [4.78, 5) is 0. The first-order valence-corrected chi connectivity index (χ1v) is 10.3. The van der Waals surface area contributed by atoms with Crippen LogP contribution in [-0.2, 0) is 9.09 Å². The van der Waals surface area contributed by atoms with Crippen LogP contribution in [-0.4, -0.2) is 17.0 Å². The third-order valence-electron chi connectivity index (χ3n) is 2.54. The number of nitrogens with two attached hydrogens (primary N) is 1. The fourth-order valence-electron chi connectivity index (χ4n) is 1.45. The molecule has 0 fully saturated rings. The van der Waals surface area contributed by atoms with E-state index in [1.165, 1.54) is 0 Å². The fraction of sp³-hybridized carbons (Fsp3) is 0.462. The van der Waals surface area contributed by atoms with Gasteiger partial charge in [-0.1, -0.05) is 26.0 Å². The van der Waals surface area contributed by atoms with Gasteiger partial charge in [-0.15, -0.1) is 0 Å². The number of rotatable bonds is 7. The monoisotopic (exact) mass is 348 g/mol. The Hall–Kier alpha value is -0.750. The standard InChI is InChI=1S/C13H21N2O3PS2/c1-4-10(3)21-19(14,16)18-13(20)15-11-8-6-7-9-12(11)17-5-2/h6-10H,4-5H2,1-3H3,(H2,14,16)(H,15,20). The molecule has 0 heterocycles. The van der Waals surface area contributed by atoms with Crippen LogP contribution in [0.3, 0.4) is 0 Å². The minimum absolute atomic E-state index is 0.0243. The Bertz CT molecular complexity index is 528. The summed E-state index contributed by atoms with van der Waals surface area (Å²) in [6, 6.07) is 7.30. The fourth-order valence-corrected chi connectivity index (χ4v) is 5.31. The predicted molar refractivity (Wildman–Crippen MR) is 94.1 cm³/mol. The lowest BCUT2D eigenvalue weighted by atomic mass is 10.3. The van der Waals surface area contributed by atoms with E-state index in [1.54, 1.807) is 6.07 Å². The Morgan fingerprint density at radius 2 is 2.14 bits per heavy atom. The zero-order chi connectivity index (χ0) is 15.9. The summed E-state index contributed by atoms with van der Waals surface area (Å²) in [5.74, 6) is 0.646. The van der Waals surface area contributed by atoms with Crippen LogP contribution in [0, 0.1) is 0 Å². The number of hydrogen-bond acceptors (Lipinski definition) is 5. The van der Waals surface area contributed by atoms with E-state index in [2.05, 4.69) is 5.32 Å². The number of thiocarbonyl (C=S) groups is 1. The van der Waals surface area contributed by atoms with Gasteiger partial charge in [0.05, 0.1) is 12.3 Å². The topological polar surface area (TPSA) is 73.6 Å². The quantitative estimate of drug-likeness (QED) is 0.559. The molecule has 5 nitrogen and oxygen atoms in total. The van der Waals surface area contributed by atoms with Gasteiger partial charge in [-0.3, -0.25) is 0 Å². The number of benzene rings is 1. The van der Waals surface area contributed by atoms with Crippen molar-refractivity contribution < 1.29 is 13.8 Å². The summed E-state index contributed by atoms with van der Waals surface area (Å²) in [6.07, 6.45) is 0.850. The molecule has 0 radical (unpaired) electrons. The molecule has 0 saturated carbocycles. The van der Waals surface area contributed by atoms with E-state index >= 15 is 0 Å². The molecule has 0 aliphatic rings. The first-order valence-electron chi connectivity index (χ1n) is 6.67. The molecule has 0 aliphatic heterocycles. The van der Waals surface area contributed by atoms with Crippen molar-refractivity contribution in [3.8, 4) is 5.75 Å². The molecule has 1 aromatic carbocycles. The van der Waals surface area contributed by atoms with E-state index in [0.29, 0.717) is 18.0 Å². The molecular formula is C13H21N2O3PS2. The van der Waals surface area contributed by atoms with Crippen molar-refractivity contribution in [1.29, 1.82) is 0 Å². The summed E-state index contributed by atoms with van der Waals surface area (Å²) in [5, 5.41) is 2.98. The van der Waals surface area contributed by atoms with Gasteiger partial charge in [-0.05, 0) is 49.1 Å². The summed E-state index contributed by atoms with van der Waals surface area (Å²) in [7, 11) is 0. The predicted octanol–water partition coefficient (Wildman–Crippen LogP) is 4.40. The average molecular weight is 348 g/mol. The van der Waals surface area contributed by atoms with Crippen LogP contribution < -0.4 is 15.6 Å². The van der Waals surface area contributed by atoms with Gasteiger partial charge >= 0.3 is 6.72 Å². The summed E-state index contributed by atoms with van der Waals surface area (Å²) < 4.78 is 22.8. The van der Waals surface area contributed by atoms with Gasteiger partial charge < -0.3 is 14.6 Å². The minimum Gasteiger partial charge on any atom is -0.492 e. The zero-order valence-electron chi connectivity index (χ0n) is 12.4. The first-order chi connectivity index (χ1) is 9.88. The molecule has 0 aromatic heterocycles. The van der Waals surface area contributed by atoms with Crippen LogP contribution in [0.2, 0.25) is 0 Å². The Morgan fingerprint density at radius 1 is 1.48 bits per heavy atom. The van der Waals surface area contributed by atoms with Crippen molar-refractivity contribution in [1.82, 2.24) is 0 Å². The van der Waals surface area contributed by atoms with Crippen LogP contribution in [0.1, 0.15) is 27.2 Å². The molecular weight excluding hydrogens is 327 g/mol. The van der Waals surface area contributed by atoms with Gasteiger partial charge in [0.1, 0.15) is 5.75 Å². The molecule has 0 amide bonds. The van der Waals surface area contributed by atoms with Gasteiger partial charge in [-0.25, -0.2) is 10.1 Å². The molecule has 21 heavy (non-hydrogen) atoms. The molecule has 2 unspecified atom stereocenters. The molecule has 3 N–H and O–H groups in total. The van der Waals surface area contributed by atoms with Crippen LogP contribution in [0.4, 0.5) is 5.69 Å². The number of nitrogens with one attached hydrogen (secondary N) is 1. The summed E-state index contributed by atoms with van der Waals surface area (Å²) in [6.45, 7) is 3.04. The lowest BCUT2D eigenvalue weighted by molar-refractivity contribution is 0.342. The second-order valence-electron chi connectivity index (χ2n) is 4.30. The van der Waals surface area contributed by atoms with E-state index in [-0.39, 0.29) is 10.4 Å². The molecule has 1 rings (SSSR count). The maximum Gasteiger partial charge on any atom is 0.373 e. The number of ether oxygens (including phenoxy) is 1. The number of anilines is 1. The third-order valence-corrected chi connectivity index (χ3v) is 6.45. The number of para-hydroxylation sites is 2. The van der Waals surface area contributed by atoms with E-state index < -0.39 is 6.72 Å². The smallest absolute Gasteiger partial charge is 0.373 e. The largest absolute Gasteiger partial charge is 0.492 e. The van der Waals surface area contributed by atoms with E-state index in [4.69, 9.17) is 27.0 Å². The summed E-state index contributed by atoms with van der Waals surface area (Å²) in [5.41, 5.74) is 6.33. The normalized spacial score (nSPS) is 14.9. The molecule has 118 valence electrons. The van der Waals surface area contributed by atoms with Gasteiger partial charge in [0.25, 0.3) is 5.17 Å². The minimum atomic E-state index is -3.32. The molecule has 2 atom stereocenters. The average Bonchev–Trinajstić information content (AvgIpc) is 2.39. The lowest BCUT2D eigenvalue weighted by Crippen LogP contribution is -2.15. The van der Waals surface area contributed by atoms with E-state index in [0.717, 1.165) is 17.8 Å². The van der Waals surface area contributed by atoms with Crippen molar-refractivity contribution in [3.63, 3.8) is 0 Å². The Labute approximate surface area is 135 Å². The van der Waals surface area contributed by atoms with Crippen molar-refractivity contribution >= 4 is 41.2 Å². The van der Waals surface area contributed by atoms with Gasteiger partial charge in [0.15, 0.2) is 0 Å². The molecule has 8 heteroatoms. The Morgan fingerprint density at radius 3 is 2.76 bits per heavy atom. The Balaban J connectivity index is 2.67. The van der Waals surface area contributed by atoms with E-state index in [9.17, 15) is 4.57 Å². The molecule has 0 spiro atoms. The van der Waals surface area contributed by atoms with Crippen LogP contribution >= 0.6 is 30.3 Å². The molecule has 0 aliphatic carbocycles. The van der Waals surface area contributed by atoms with Crippen LogP contribution in [0.15, 0.2) is 24.3 Å². The van der Waals surface area contributed by atoms with E-state index in [1.807, 2.05) is 39.0 Å². The SMILES string of the molecule is CCOc1ccccc1NC(=S)OP(N)(=O)SC(C)CC. The van der Waals surface area contributed by atoms with Crippen molar-refractivity contribution in [2.75, 3.05) is 11.9 Å². The molecule has 0 saturated heterocycles. The van der Waals surface area contributed by atoms with Gasteiger partial charge in [0, 0.05) is 5.25 Å². The zero-order valence-corrected chi connectivity index (χ0v) is 14.9. The van der Waals surface area contributed by atoms with Crippen molar-refractivity contribution in [2.24, 2.45) is 5.50 Å². The van der Waals surface area contributed by atoms with Gasteiger partial charge in [0.2, 0.25) is 0 Å². The van der Waals surface area contributed by atoms with Crippen LogP contribution in [0.5, 0.6) is 5.75 Å². The van der Waals surface area contributed by atoms with Gasteiger partial charge in [-0.2, -0.15) is 0 Å². The summed E-state index contributed by atoms with van der Waals surface area (Å²) >= 11 is 6.17. The van der Waals surface area contributed by atoms with Crippen LogP contribution in [0.25, 0.3) is 0 Å². The maximum absolute atomic E-state index is 12.2. The highest BCUT2D eigenvalue weighted by atomic mass is 32.7. The highest BCUT2D eigenvalue weighted by Crippen LogP contribution is 2.55. The highest BCUT2D eigenvalue weighted by molar-refractivity contribution is 8.56. The van der Waals surface area contributed by atoms with Crippen molar-refractivity contribution in [2.45, 2.75) is 32.4 Å². The second-order valence-corrected chi connectivity index (χ2v) is 9.10. The van der Waals surface area contributed by atoms with Crippen molar-refractivity contribution in [3.05, 3.63) is 24.3 Å². The third kappa shape index (κ3) is 6.70. The lowest BCUT2D eigenvalue weighted by Gasteiger charge is -2.18.